The van der Waals surface area contributed by atoms with Gasteiger partial charge in [-0.25, -0.2) is 9.67 Å². The summed E-state index contributed by atoms with van der Waals surface area (Å²) in [5.74, 6) is 1.75. The first-order valence-electron chi connectivity index (χ1n) is 10.6. The average molecular weight is 383 g/mol. The Labute approximate surface area is 166 Å². The van der Waals surface area contributed by atoms with Crippen LogP contribution in [0.25, 0.3) is 11.4 Å². The Hall–Kier alpha value is -2.05. The van der Waals surface area contributed by atoms with Gasteiger partial charge in [0, 0.05) is 31.4 Å². The molecule has 2 saturated heterocycles. The van der Waals surface area contributed by atoms with Crippen molar-refractivity contribution < 1.29 is 9.53 Å². The highest BCUT2D eigenvalue weighted by Crippen LogP contribution is 2.26. The lowest BCUT2D eigenvalue weighted by Gasteiger charge is -2.41. The van der Waals surface area contributed by atoms with Gasteiger partial charge in [0.25, 0.3) is 0 Å². The molecule has 2 fully saturated rings. The normalized spacial score (nSPS) is 21.7. The number of ketones is 1. The predicted octanol–water partition coefficient (Wildman–Crippen LogP) is 3.11. The fourth-order valence-electron chi connectivity index (χ4n) is 4.51. The number of hydrogen-bond acceptors (Lipinski definition) is 5. The van der Waals surface area contributed by atoms with E-state index in [1.165, 1.54) is 6.42 Å². The van der Waals surface area contributed by atoms with Crippen LogP contribution in [0.15, 0.2) is 30.3 Å². The molecule has 2 aliphatic rings. The Bertz CT molecular complexity index is 783. The number of rotatable bonds is 6. The molecule has 1 aromatic carbocycles. The first-order valence-corrected chi connectivity index (χ1v) is 10.6. The minimum atomic E-state index is 0.00519. The van der Waals surface area contributed by atoms with E-state index in [4.69, 9.17) is 9.72 Å². The van der Waals surface area contributed by atoms with Gasteiger partial charge < -0.3 is 4.74 Å². The van der Waals surface area contributed by atoms with Crippen molar-refractivity contribution >= 4 is 5.78 Å². The fourth-order valence-corrected chi connectivity index (χ4v) is 4.51. The van der Waals surface area contributed by atoms with Gasteiger partial charge in [-0.05, 0) is 39.2 Å². The number of carbonyl (C=O) groups excluding carboxylic acids is 1. The summed E-state index contributed by atoms with van der Waals surface area (Å²) in [5.41, 5.74) is 1.04. The van der Waals surface area contributed by atoms with Crippen molar-refractivity contribution in [3.63, 3.8) is 0 Å². The number of benzene rings is 1. The Morgan fingerprint density at radius 3 is 2.68 bits per heavy atom. The van der Waals surface area contributed by atoms with Crippen LogP contribution < -0.4 is 0 Å². The molecule has 6 heteroatoms. The zero-order chi connectivity index (χ0) is 19.3. The van der Waals surface area contributed by atoms with Crippen LogP contribution in [-0.2, 0) is 22.5 Å². The third-order valence-corrected chi connectivity index (χ3v) is 5.96. The second kappa shape index (κ2) is 8.97. The summed E-state index contributed by atoms with van der Waals surface area (Å²) < 4.78 is 7.42. The molecule has 0 spiro atoms. The molecule has 2 aromatic rings. The summed E-state index contributed by atoms with van der Waals surface area (Å²) in [5, 5.41) is 4.62. The summed E-state index contributed by atoms with van der Waals surface area (Å²) in [7, 11) is 0. The van der Waals surface area contributed by atoms with E-state index in [0.717, 1.165) is 63.4 Å². The number of carbonyl (C=O) groups is 1. The molecule has 0 radical (unpaired) electrons. The monoisotopic (exact) mass is 382 g/mol. The smallest absolute Gasteiger partial charge is 0.158 e. The lowest BCUT2D eigenvalue weighted by atomic mass is 9.92. The van der Waals surface area contributed by atoms with Gasteiger partial charge in [-0.15, -0.1) is 0 Å². The number of ether oxygens (including phenoxy) is 1. The van der Waals surface area contributed by atoms with Gasteiger partial charge in [0.15, 0.2) is 17.4 Å². The number of aryl methyl sites for hydroxylation is 1. The van der Waals surface area contributed by atoms with E-state index < -0.39 is 0 Å². The molecule has 0 bridgehead atoms. The van der Waals surface area contributed by atoms with Crippen molar-refractivity contribution in [3.8, 4) is 11.4 Å². The first-order chi connectivity index (χ1) is 13.8. The zero-order valence-electron chi connectivity index (χ0n) is 16.7. The number of aromatic nitrogens is 3. The van der Waals surface area contributed by atoms with Crippen molar-refractivity contribution in [1.82, 2.24) is 19.7 Å². The van der Waals surface area contributed by atoms with Crippen LogP contribution in [0.4, 0.5) is 0 Å². The maximum absolute atomic E-state index is 13.2. The summed E-state index contributed by atoms with van der Waals surface area (Å²) in [6.45, 7) is 5.44. The van der Waals surface area contributed by atoms with Crippen molar-refractivity contribution in [1.29, 1.82) is 0 Å². The molecule has 0 N–H and O–H groups in total. The molecule has 150 valence electrons. The van der Waals surface area contributed by atoms with Crippen molar-refractivity contribution in [2.45, 2.75) is 64.1 Å². The molecule has 3 heterocycles. The van der Waals surface area contributed by atoms with Crippen LogP contribution in [0.5, 0.6) is 0 Å². The van der Waals surface area contributed by atoms with Crippen molar-refractivity contribution in [3.05, 3.63) is 36.2 Å². The minimum absolute atomic E-state index is 0.00519. The minimum Gasteiger partial charge on any atom is -0.381 e. The van der Waals surface area contributed by atoms with Crippen LogP contribution in [0, 0.1) is 0 Å². The van der Waals surface area contributed by atoms with E-state index in [-0.39, 0.29) is 11.8 Å². The highest BCUT2D eigenvalue weighted by atomic mass is 16.5. The Balaban J connectivity index is 1.50. The van der Waals surface area contributed by atoms with E-state index in [1.54, 1.807) is 0 Å². The molecule has 1 atom stereocenters. The van der Waals surface area contributed by atoms with Crippen LogP contribution in [-0.4, -0.2) is 57.3 Å². The summed E-state index contributed by atoms with van der Waals surface area (Å²) >= 11 is 0. The molecule has 0 saturated carbocycles. The molecule has 0 amide bonds. The molecule has 1 aromatic heterocycles. The quantitative estimate of drug-likeness (QED) is 0.768. The van der Waals surface area contributed by atoms with Gasteiger partial charge in [-0.1, -0.05) is 36.8 Å². The molecule has 0 aliphatic carbocycles. The number of Topliss-reactive ketones (excluding diaryl/α,β-unsaturated/α-hetero) is 1. The van der Waals surface area contributed by atoms with Gasteiger partial charge in [-0.2, -0.15) is 5.10 Å². The molecule has 4 rings (SSSR count). The fraction of sp³-hybridized carbons (Fsp3) is 0.591. The lowest BCUT2D eigenvalue weighted by Crippen LogP contribution is -2.52. The first kappa shape index (κ1) is 19.3. The Kier molecular flexibility index (Phi) is 6.17. The third kappa shape index (κ3) is 4.18. The van der Waals surface area contributed by atoms with E-state index in [0.29, 0.717) is 18.3 Å². The second-order valence-electron chi connectivity index (χ2n) is 7.77. The van der Waals surface area contributed by atoms with E-state index in [1.807, 2.05) is 35.0 Å². The highest BCUT2D eigenvalue weighted by molar-refractivity contribution is 5.85. The van der Waals surface area contributed by atoms with E-state index in [2.05, 4.69) is 16.9 Å². The topological polar surface area (TPSA) is 60.2 Å². The number of hydrogen-bond donors (Lipinski definition) is 0. The number of piperidine rings is 1. The summed E-state index contributed by atoms with van der Waals surface area (Å²) in [6, 6.07) is 10.6. The average Bonchev–Trinajstić information content (AvgIpc) is 3.18. The molecule has 0 unspecified atom stereocenters. The maximum atomic E-state index is 13.2. The van der Waals surface area contributed by atoms with Gasteiger partial charge in [0.2, 0.25) is 0 Å². The number of nitrogens with zero attached hydrogens (tertiary/aromatic N) is 4. The van der Waals surface area contributed by atoms with E-state index >= 15 is 0 Å². The Morgan fingerprint density at radius 1 is 1.14 bits per heavy atom. The van der Waals surface area contributed by atoms with Gasteiger partial charge in [0.1, 0.15) is 0 Å². The SMILES string of the molecule is CCn1nc(CC(=O)[C@@H]2CCCCN2C2CCOCC2)nc1-c1ccccc1. The zero-order valence-corrected chi connectivity index (χ0v) is 16.7. The molecular weight excluding hydrogens is 352 g/mol. The van der Waals surface area contributed by atoms with Crippen molar-refractivity contribution in [2.24, 2.45) is 0 Å². The van der Waals surface area contributed by atoms with Crippen LogP contribution in [0.3, 0.4) is 0 Å². The molecular formula is C22H30N4O2. The molecule has 28 heavy (non-hydrogen) atoms. The van der Waals surface area contributed by atoms with Crippen molar-refractivity contribution in [2.75, 3.05) is 19.8 Å². The number of likely N-dealkylation sites (tertiary alicyclic amines) is 1. The molecule has 2 aliphatic heterocycles. The maximum Gasteiger partial charge on any atom is 0.158 e. The van der Waals surface area contributed by atoms with Gasteiger partial charge in [0.05, 0.1) is 12.5 Å². The standard InChI is InChI=1S/C22H30N4O2/c1-2-26-22(17-8-4-3-5-9-17)23-21(24-26)16-20(27)19-10-6-7-13-25(19)18-11-14-28-15-12-18/h3-5,8-9,18-19H,2,6-7,10-16H2,1H3/t19-/m0/s1. The van der Waals surface area contributed by atoms with Crippen LogP contribution in [0.1, 0.15) is 44.9 Å². The summed E-state index contributed by atoms with van der Waals surface area (Å²) in [6.07, 6.45) is 5.65. The van der Waals surface area contributed by atoms with Gasteiger partial charge in [-0.3, -0.25) is 9.69 Å². The second-order valence-corrected chi connectivity index (χ2v) is 7.77. The highest BCUT2D eigenvalue weighted by Gasteiger charge is 2.34. The summed E-state index contributed by atoms with van der Waals surface area (Å²) in [4.78, 5) is 20.4. The third-order valence-electron chi connectivity index (χ3n) is 5.96. The lowest BCUT2D eigenvalue weighted by molar-refractivity contribution is -0.127. The predicted molar refractivity (Wildman–Crippen MR) is 108 cm³/mol. The van der Waals surface area contributed by atoms with Crippen LogP contribution in [0.2, 0.25) is 0 Å². The van der Waals surface area contributed by atoms with Crippen LogP contribution >= 0.6 is 0 Å². The van der Waals surface area contributed by atoms with Gasteiger partial charge >= 0.3 is 0 Å². The van der Waals surface area contributed by atoms with E-state index in [9.17, 15) is 4.79 Å². The Morgan fingerprint density at radius 2 is 1.93 bits per heavy atom. The largest absolute Gasteiger partial charge is 0.381 e. The molecule has 6 nitrogen and oxygen atoms in total.